The summed E-state index contributed by atoms with van der Waals surface area (Å²) in [5.41, 5.74) is 6.80. The van der Waals surface area contributed by atoms with Crippen molar-refractivity contribution in [3.8, 4) is 0 Å². The van der Waals surface area contributed by atoms with Crippen LogP contribution in [0, 0.1) is 17.5 Å². The molecule has 1 atom stereocenters. The summed E-state index contributed by atoms with van der Waals surface area (Å²) < 4.78 is 45.1. The molecule has 1 unspecified atom stereocenters. The quantitative estimate of drug-likeness (QED) is 0.789. The summed E-state index contributed by atoms with van der Waals surface area (Å²) in [6, 6.07) is 8.53. The molecule has 0 aliphatic carbocycles. The molecule has 0 bridgehead atoms. The Morgan fingerprint density at radius 1 is 0.952 bits per heavy atom. The van der Waals surface area contributed by atoms with E-state index in [-0.39, 0.29) is 12.2 Å². The molecule has 108 valence electrons. The Balaban J connectivity index is 1.87. The smallest absolute Gasteiger partial charge is 0.134 e. The highest BCUT2D eigenvalue weighted by Gasteiger charge is 2.15. The van der Waals surface area contributed by atoms with Crippen LogP contribution < -0.4 is 5.73 Å². The molecule has 3 aromatic rings. The first-order valence-electron chi connectivity index (χ1n) is 6.41. The zero-order chi connectivity index (χ0) is 15.0. The van der Waals surface area contributed by atoms with E-state index in [1.54, 1.807) is 6.07 Å². The van der Waals surface area contributed by atoms with Gasteiger partial charge in [-0.05, 0) is 42.3 Å². The molecule has 0 fully saturated rings. The molecule has 1 heterocycles. The van der Waals surface area contributed by atoms with Crippen molar-refractivity contribution in [2.75, 3.05) is 0 Å². The van der Waals surface area contributed by atoms with Gasteiger partial charge in [0.05, 0.1) is 6.04 Å². The number of furan rings is 1. The topological polar surface area (TPSA) is 39.2 Å². The zero-order valence-electron chi connectivity index (χ0n) is 10.9. The van der Waals surface area contributed by atoms with Crippen LogP contribution in [-0.4, -0.2) is 0 Å². The summed E-state index contributed by atoms with van der Waals surface area (Å²) in [5.74, 6) is -1.22. The Kier molecular flexibility index (Phi) is 3.43. The van der Waals surface area contributed by atoms with Gasteiger partial charge in [0, 0.05) is 11.5 Å². The van der Waals surface area contributed by atoms with Crippen molar-refractivity contribution in [2.45, 2.75) is 12.5 Å². The third-order valence-electron chi connectivity index (χ3n) is 3.32. The molecule has 0 aliphatic rings. The molecule has 0 amide bonds. The molecule has 5 heteroatoms. The predicted octanol–water partition coefficient (Wildman–Crippen LogP) is 4.09. The number of halogens is 3. The van der Waals surface area contributed by atoms with Crippen molar-refractivity contribution in [2.24, 2.45) is 5.73 Å². The summed E-state index contributed by atoms with van der Waals surface area (Å²) >= 11 is 0. The van der Waals surface area contributed by atoms with Gasteiger partial charge in [0.15, 0.2) is 0 Å². The summed E-state index contributed by atoms with van der Waals surface area (Å²) in [4.78, 5) is 0. The SMILES string of the molecule is NC(Cc1ccc(F)cc1F)c1cc2cc(F)ccc2o1. The van der Waals surface area contributed by atoms with Crippen molar-refractivity contribution in [1.82, 2.24) is 0 Å². The van der Waals surface area contributed by atoms with Crippen LogP contribution in [0.4, 0.5) is 13.2 Å². The zero-order valence-corrected chi connectivity index (χ0v) is 10.9. The van der Waals surface area contributed by atoms with Crippen LogP contribution in [0.5, 0.6) is 0 Å². The lowest BCUT2D eigenvalue weighted by atomic mass is 10.0. The number of nitrogens with two attached hydrogens (primary N) is 1. The lowest BCUT2D eigenvalue weighted by Gasteiger charge is -2.09. The number of hydrogen-bond donors (Lipinski definition) is 1. The molecular formula is C16H12F3NO. The molecule has 3 rings (SSSR count). The lowest BCUT2D eigenvalue weighted by Crippen LogP contribution is -2.13. The van der Waals surface area contributed by atoms with Gasteiger partial charge in [0.1, 0.15) is 28.8 Å². The number of hydrogen-bond acceptors (Lipinski definition) is 2. The average molecular weight is 291 g/mol. The maximum atomic E-state index is 13.6. The summed E-state index contributed by atoms with van der Waals surface area (Å²) in [6.45, 7) is 0. The summed E-state index contributed by atoms with van der Waals surface area (Å²) in [6.07, 6.45) is 0.161. The van der Waals surface area contributed by atoms with Crippen LogP contribution in [0.2, 0.25) is 0 Å². The van der Waals surface area contributed by atoms with Crippen LogP contribution >= 0.6 is 0 Å². The monoisotopic (exact) mass is 291 g/mol. The second kappa shape index (κ2) is 5.26. The Morgan fingerprint density at radius 3 is 2.43 bits per heavy atom. The molecule has 21 heavy (non-hydrogen) atoms. The first-order valence-corrected chi connectivity index (χ1v) is 6.41. The molecule has 0 spiro atoms. The summed E-state index contributed by atoms with van der Waals surface area (Å²) in [5, 5.41) is 0.597. The molecule has 0 saturated heterocycles. The van der Waals surface area contributed by atoms with Crippen LogP contribution in [0.15, 0.2) is 46.9 Å². The average Bonchev–Trinajstić information content (AvgIpc) is 2.85. The van der Waals surface area contributed by atoms with Crippen LogP contribution in [-0.2, 0) is 6.42 Å². The fraction of sp³-hybridized carbons (Fsp3) is 0.125. The van der Waals surface area contributed by atoms with Gasteiger partial charge < -0.3 is 10.2 Å². The third kappa shape index (κ3) is 2.78. The maximum Gasteiger partial charge on any atom is 0.134 e. The second-order valence-corrected chi connectivity index (χ2v) is 4.88. The van der Waals surface area contributed by atoms with E-state index in [2.05, 4.69) is 0 Å². The minimum absolute atomic E-state index is 0.161. The van der Waals surface area contributed by atoms with Crippen molar-refractivity contribution < 1.29 is 17.6 Å². The fourth-order valence-corrected chi connectivity index (χ4v) is 2.24. The Labute approximate surface area is 119 Å². The molecule has 2 aromatic carbocycles. The molecule has 0 saturated carbocycles. The van der Waals surface area contributed by atoms with E-state index in [9.17, 15) is 13.2 Å². The van der Waals surface area contributed by atoms with E-state index in [0.29, 0.717) is 22.3 Å². The maximum absolute atomic E-state index is 13.6. The van der Waals surface area contributed by atoms with Crippen molar-refractivity contribution in [3.05, 3.63) is 71.2 Å². The Morgan fingerprint density at radius 2 is 1.67 bits per heavy atom. The molecule has 2 nitrogen and oxygen atoms in total. The van der Waals surface area contributed by atoms with E-state index in [4.69, 9.17) is 10.2 Å². The molecule has 0 radical (unpaired) electrons. The molecule has 1 aromatic heterocycles. The van der Waals surface area contributed by atoms with Crippen LogP contribution in [0.3, 0.4) is 0 Å². The molecular weight excluding hydrogens is 279 g/mol. The molecule has 2 N–H and O–H groups in total. The van der Waals surface area contributed by atoms with Gasteiger partial charge in [0.25, 0.3) is 0 Å². The van der Waals surface area contributed by atoms with E-state index < -0.39 is 17.7 Å². The normalized spacial score (nSPS) is 12.8. The second-order valence-electron chi connectivity index (χ2n) is 4.88. The van der Waals surface area contributed by atoms with Crippen LogP contribution in [0.1, 0.15) is 17.4 Å². The Hall–Kier alpha value is -2.27. The first kappa shape index (κ1) is 13.7. The molecule has 0 aliphatic heterocycles. The van der Waals surface area contributed by atoms with Gasteiger partial charge in [-0.3, -0.25) is 0 Å². The van der Waals surface area contributed by atoms with E-state index in [1.807, 2.05) is 0 Å². The van der Waals surface area contributed by atoms with E-state index in [0.717, 1.165) is 6.07 Å². The van der Waals surface area contributed by atoms with E-state index >= 15 is 0 Å². The summed E-state index contributed by atoms with van der Waals surface area (Å²) in [7, 11) is 0. The highest BCUT2D eigenvalue weighted by atomic mass is 19.1. The van der Waals surface area contributed by atoms with Crippen LogP contribution in [0.25, 0.3) is 11.0 Å². The minimum atomic E-state index is -0.646. The first-order chi connectivity index (χ1) is 10.0. The van der Waals surface area contributed by atoms with Gasteiger partial charge in [-0.25, -0.2) is 13.2 Å². The standard InChI is InChI=1S/C16H12F3NO/c17-11-3-4-15-10(5-11)7-16(21-15)14(20)6-9-1-2-12(18)8-13(9)19/h1-5,7-8,14H,6,20H2. The van der Waals surface area contributed by atoms with E-state index in [1.165, 1.54) is 30.3 Å². The number of rotatable bonds is 3. The van der Waals surface area contributed by atoms with Crippen molar-refractivity contribution in [3.63, 3.8) is 0 Å². The van der Waals surface area contributed by atoms with Gasteiger partial charge in [-0.2, -0.15) is 0 Å². The van der Waals surface area contributed by atoms with Crippen molar-refractivity contribution in [1.29, 1.82) is 0 Å². The highest BCUT2D eigenvalue weighted by Crippen LogP contribution is 2.26. The fourth-order valence-electron chi connectivity index (χ4n) is 2.24. The third-order valence-corrected chi connectivity index (χ3v) is 3.32. The largest absolute Gasteiger partial charge is 0.459 e. The number of fused-ring (bicyclic) bond motifs is 1. The predicted molar refractivity (Wildman–Crippen MR) is 73.2 cm³/mol. The highest BCUT2D eigenvalue weighted by molar-refractivity contribution is 5.78. The van der Waals surface area contributed by atoms with Gasteiger partial charge in [-0.15, -0.1) is 0 Å². The van der Waals surface area contributed by atoms with Gasteiger partial charge in [-0.1, -0.05) is 6.07 Å². The van der Waals surface area contributed by atoms with Gasteiger partial charge >= 0.3 is 0 Å². The lowest BCUT2D eigenvalue weighted by molar-refractivity contribution is 0.485. The van der Waals surface area contributed by atoms with Crippen molar-refractivity contribution >= 4 is 11.0 Å². The Bertz CT molecular complexity index is 797. The number of benzene rings is 2. The van der Waals surface area contributed by atoms with Gasteiger partial charge in [0.2, 0.25) is 0 Å². The minimum Gasteiger partial charge on any atom is -0.459 e.